The van der Waals surface area contributed by atoms with Crippen LogP contribution in [0.5, 0.6) is 0 Å². The molecule has 0 radical (unpaired) electrons. The minimum atomic E-state index is -0.623. The van der Waals surface area contributed by atoms with E-state index in [0.29, 0.717) is 0 Å². The molecule has 0 saturated heterocycles. The standard InChI is InChI=1S/C19H20O/c1-4-7-17-15(5-2)8-6-9-18(17)19(20)16-12-10-14(3)11-13-16/h4-13,19-20H,2H2,1,3H3/b7-4-. The Morgan fingerprint density at radius 1 is 1.10 bits per heavy atom. The molecule has 0 aliphatic rings. The normalized spacial score (nSPS) is 12.6. The number of aliphatic hydroxyl groups excluding tert-OH is 1. The van der Waals surface area contributed by atoms with Gasteiger partial charge in [0.25, 0.3) is 0 Å². The van der Waals surface area contributed by atoms with Crippen molar-refractivity contribution in [2.45, 2.75) is 20.0 Å². The van der Waals surface area contributed by atoms with Crippen molar-refractivity contribution in [2.75, 3.05) is 0 Å². The van der Waals surface area contributed by atoms with Crippen LogP contribution in [0, 0.1) is 6.92 Å². The van der Waals surface area contributed by atoms with E-state index in [1.54, 1.807) is 0 Å². The summed E-state index contributed by atoms with van der Waals surface area (Å²) in [5.74, 6) is 0. The fraction of sp³-hybridized carbons (Fsp3) is 0.158. The molecule has 0 saturated carbocycles. The van der Waals surface area contributed by atoms with E-state index in [-0.39, 0.29) is 0 Å². The third-order valence-electron chi connectivity index (χ3n) is 3.41. The van der Waals surface area contributed by atoms with Crippen molar-refractivity contribution in [3.05, 3.63) is 82.9 Å². The van der Waals surface area contributed by atoms with Gasteiger partial charge >= 0.3 is 0 Å². The van der Waals surface area contributed by atoms with Crippen molar-refractivity contribution in [1.29, 1.82) is 0 Å². The molecule has 1 nitrogen and oxygen atoms in total. The summed E-state index contributed by atoms with van der Waals surface area (Å²) < 4.78 is 0. The Kier molecular flexibility index (Phi) is 4.54. The van der Waals surface area contributed by atoms with Gasteiger partial charge in [0.2, 0.25) is 0 Å². The molecule has 0 bridgehead atoms. The molecule has 1 N–H and O–H groups in total. The molecule has 2 rings (SSSR count). The second-order valence-corrected chi connectivity index (χ2v) is 4.87. The highest BCUT2D eigenvalue weighted by atomic mass is 16.3. The largest absolute Gasteiger partial charge is 0.384 e. The average Bonchev–Trinajstić information content (AvgIpc) is 2.48. The molecule has 0 spiro atoms. The van der Waals surface area contributed by atoms with Crippen LogP contribution < -0.4 is 0 Å². The Morgan fingerprint density at radius 2 is 1.80 bits per heavy atom. The van der Waals surface area contributed by atoms with Crippen LogP contribution in [0.1, 0.15) is 40.8 Å². The van der Waals surface area contributed by atoms with Gasteiger partial charge in [-0.15, -0.1) is 0 Å². The van der Waals surface area contributed by atoms with Crippen LogP contribution in [-0.2, 0) is 0 Å². The first kappa shape index (κ1) is 14.3. The Bertz CT molecular complexity index is 621. The van der Waals surface area contributed by atoms with Gasteiger partial charge in [-0.05, 0) is 36.1 Å². The van der Waals surface area contributed by atoms with Crippen LogP contribution in [0.15, 0.2) is 55.1 Å². The number of hydrogen-bond acceptors (Lipinski definition) is 1. The van der Waals surface area contributed by atoms with Crippen molar-refractivity contribution in [3.8, 4) is 0 Å². The van der Waals surface area contributed by atoms with Crippen LogP contribution in [0.2, 0.25) is 0 Å². The molecule has 2 aromatic rings. The van der Waals surface area contributed by atoms with Crippen LogP contribution in [0.4, 0.5) is 0 Å². The molecule has 0 amide bonds. The monoisotopic (exact) mass is 264 g/mol. The Morgan fingerprint density at radius 3 is 2.40 bits per heavy atom. The number of allylic oxidation sites excluding steroid dienone is 1. The van der Waals surface area contributed by atoms with Crippen molar-refractivity contribution < 1.29 is 5.11 Å². The van der Waals surface area contributed by atoms with Crippen LogP contribution in [-0.4, -0.2) is 5.11 Å². The molecular formula is C19H20O. The number of benzene rings is 2. The lowest BCUT2D eigenvalue weighted by molar-refractivity contribution is 0.220. The first-order chi connectivity index (χ1) is 9.67. The number of hydrogen-bond donors (Lipinski definition) is 1. The number of rotatable bonds is 4. The molecule has 2 aromatic carbocycles. The zero-order valence-electron chi connectivity index (χ0n) is 12.0. The highest BCUT2D eigenvalue weighted by Gasteiger charge is 2.14. The summed E-state index contributed by atoms with van der Waals surface area (Å²) in [5, 5.41) is 10.6. The molecule has 1 unspecified atom stereocenters. The molecule has 102 valence electrons. The predicted molar refractivity (Wildman–Crippen MR) is 86.5 cm³/mol. The van der Waals surface area contributed by atoms with Gasteiger partial charge in [0, 0.05) is 0 Å². The van der Waals surface area contributed by atoms with Gasteiger partial charge in [0.05, 0.1) is 0 Å². The van der Waals surface area contributed by atoms with Crippen molar-refractivity contribution >= 4 is 12.2 Å². The summed E-state index contributed by atoms with van der Waals surface area (Å²) in [7, 11) is 0. The van der Waals surface area contributed by atoms with Gasteiger partial charge in [0.15, 0.2) is 0 Å². The topological polar surface area (TPSA) is 20.2 Å². The SMILES string of the molecule is C=Cc1cccc(C(O)c2ccc(C)cc2)c1/C=C\C. The van der Waals surface area contributed by atoms with E-state index < -0.39 is 6.10 Å². The summed E-state index contributed by atoms with van der Waals surface area (Å²) >= 11 is 0. The van der Waals surface area contributed by atoms with E-state index in [9.17, 15) is 5.11 Å². The highest BCUT2D eigenvalue weighted by Crippen LogP contribution is 2.28. The molecule has 0 aliphatic carbocycles. The molecule has 0 aromatic heterocycles. The van der Waals surface area contributed by atoms with Gasteiger partial charge in [-0.25, -0.2) is 0 Å². The van der Waals surface area contributed by atoms with Crippen molar-refractivity contribution in [1.82, 2.24) is 0 Å². The van der Waals surface area contributed by atoms with Gasteiger partial charge in [0.1, 0.15) is 6.10 Å². The van der Waals surface area contributed by atoms with Crippen LogP contribution in [0.25, 0.3) is 12.2 Å². The zero-order chi connectivity index (χ0) is 14.5. The van der Waals surface area contributed by atoms with E-state index in [4.69, 9.17) is 0 Å². The molecule has 0 fully saturated rings. The molecular weight excluding hydrogens is 244 g/mol. The van der Waals surface area contributed by atoms with Gasteiger partial charge in [-0.3, -0.25) is 0 Å². The Balaban J connectivity index is 2.51. The lowest BCUT2D eigenvalue weighted by atomic mass is 9.93. The lowest BCUT2D eigenvalue weighted by Gasteiger charge is -2.16. The highest BCUT2D eigenvalue weighted by molar-refractivity contribution is 5.68. The van der Waals surface area contributed by atoms with E-state index in [1.165, 1.54) is 5.56 Å². The van der Waals surface area contributed by atoms with Crippen LogP contribution >= 0.6 is 0 Å². The Hall–Kier alpha value is -2.12. The van der Waals surface area contributed by atoms with E-state index in [1.807, 2.05) is 74.5 Å². The summed E-state index contributed by atoms with van der Waals surface area (Å²) in [6.07, 6.45) is 5.19. The van der Waals surface area contributed by atoms with Crippen LogP contribution in [0.3, 0.4) is 0 Å². The summed E-state index contributed by atoms with van der Waals surface area (Å²) in [4.78, 5) is 0. The molecule has 0 heterocycles. The average molecular weight is 264 g/mol. The Labute approximate surface area is 120 Å². The number of aryl methyl sites for hydroxylation is 1. The quantitative estimate of drug-likeness (QED) is 0.844. The van der Waals surface area contributed by atoms with Gasteiger partial charge in [-0.1, -0.05) is 72.8 Å². The van der Waals surface area contributed by atoms with E-state index in [0.717, 1.165) is 22.3 Å². The van der Waals surface area contributed by atoms with Gasteiger partial charge < -0.3 is 5.11 Å². The maximum atomic E-state index is 10.6. The van der Waals surface area contributed by atoms with Crippen molar-refractivity contribution in [3.63, 3.8) is 0 Å². The van der Waals surface area contributed by atoms with E-state index >= 15 is 0 Å². The fourth-order valence-corrected chi connectivity index (χ4v) is 2.31. The molecule has 20 heavy (non-hydrogen) atoms. The smallest absolute Gasteiger partial charge is 0.105 e. The van der Waals surface area contributed by atoms with E-state index in [2.05, 4.69) is 6.58 Å². The zero-order valence-corrected chi connectivity index (χ0v) is 12.0. The summed E-state index contributed by atoms with van der Waals surface area (Å²) in [6.45, 7) is 7.86. The third-order valence-corrected chi connectivity index (χ3v) is 3.41. The minimum absolute atomic E-state index is 0.623. The maximum absolute atomic E-state index is 10.6. The number of aliphatic hydroxyl groups is 1. The first-order valence-corrected chi connectivity index (χ1v) is 6.80. The maximum Gasteiger partial charge on any atom is 0.105 e. The third kappa shape index (κ3) is 2.89. The fourth-order valence-electron chi connectivity index (χ4n) is 2.31. The second-order valence-electron chi connectivity index (χ2n) is 4.87. The second kappa shape index (κ2) is 6.36. The first-order valence-electron chi connectivity index (χ1n) is 6.80. The summed E-state index contributed by atoms with van der Waals surface area (Å²) in [6, 6.07) is 13.9. The van der Waals surface area contributed by atoms with Gasteiger partial charge in [-0.2, -0.15) is 0 Å². The minimum Gasteiger partial charge on any atom is -0.384 e. The lowest BCUT2D eigenvalue weighted by Crippen LogP contribution is -2.03. The van der Waals surface area contributed by atoms with Crippen molar-refractivity contribution in [2.24, 2.45) is 0 Å². The summed E-state index contributed by atoms with van der Waals surface area (Å²) in [5.41, 5.74) is 5.06. The molecule has 0 aliphatic heterocycles. The molecule has 1 atom stereocenters. The molecule has 1 heteroatoms. The predicted octanol–water partition coefficient (Wildman–Crippen LogP) is 4.75.